The first-order chi connectivity index (χ1) is 8.58. The zero-order valence-corrected chi connectivity index (χ0v) is 11.2. The molecule has 2 rings (SSSR count). The fourth-order valence-corrected chi connectivity index (χ4v) is 2.90. The molecule has 18 heavy (non-hydrogen) atoms. The maximum absolute atomic E-state index is 11.9. The number of hydrogen-bond acceptors (Lipinski definition) is 4. The van der Waals surface area contributed by atoms with Crippen LogP contribution in [-0.2, 0) is 9.84 Å². The van der Waals surface area contributed by atoms with Gasteiger partial charge in [0.25, 0.3) is 0 Å². The van der Waals surface area contributed by atoms with Gasteiger partial charge in [-0.15, -0.1) is 0 Å². The van der Waals surface area contributed by atoms with Crippen LogP contribution in [0, 0.1) is 0 Å². The second-order valence-electron chi connectivity index (χ2n) is 3.95. The van der Waals surface area contributed by atoms with Gasteiger partial charge in [0, 0.05) is 17.7 Å². The monoisotopic (exact) mass is 284 g/mol. The van der Waals surface area contributed by atoms with Gasteiger partial charge in [-0.05, 0) is 17.7 Å². The van der Waals surface area contributed by atoms with Crippen LogP contribution in [0.1, 0.15) is 12.0 Å². The number of hydrazone groups is 1. The Morgan fingerprint density at radius 2 is 2.11 bits per heavy atom. The van der Waals surface area contributed by atoms with Gasteiger partial charge in [-0.3, -0.25) is 5.43 Å². The highest BCUT2D eigenvalue weighted by molar-refractivity contribution is 7.92. The average molecular weight is 285 g/mol. The summed E-state index contributed by atoms with van der Waals surface area (Å²) in [5, 5.41) is 3.78. The van der Waals surface area contributed by atoms with Crippen molar-refractivity contribution in [2.45, 2.75) is 11.8 Å². The second kappa shape index (κ2) is 5.54. The lowest BCUT2D eigenvalue weighted by Gasteiger charge is -2.08. The first-order valence-corrected chi connectivity index (χ1v) is 7.58. The summed E-state index contributed by atoms with van der Waals surface area (Å²) in [4.78, 5) is 0. The summed E-state index contributed by atoms with van der Waals surface area (Å²) in [6, 6.07) is 7.20. The third-order valence-electron chi connectivity index (χ3n) is 2.57. The maximum atomic E-state index is 11.9. The Bertz CT molecular complexity index is 556. The summed E-state index contributed by atoms with van der Waals surface area (Å²) >= 11 is 5.76. The number of sulfone groups is 1. The first kappa shape index (κ1) is 13.1. The van der Waals surface area contributed by atoms with E-state index in [1.54, 1.807) is 30.5 Å². The van der Waals surface area contributed by atoms with Crippen molar-refractivity contribution in [3.8, 4) is 0 Å². The molecular formula is C12H13ClN2O2S. The van der Waals surface area contributed by atoms with Gasteiger partial charge in [0.2, 0.25) is 0 Å². The SMILES string of the molecule is O=S(=O)(CC=Cc1ccc(Cl)cc1)C1CC=NN1. The van der Waals surface area contributed by atoms with Crippen LogP contribution in [0.15, 0.2) is 35.4 Å². The second-order valence-corrected chi connectivity index (χ2v) is 6.61. The third kappa shape index (κ3) is 3.34. The van der Waals surface area contributed by atoms with E-state index >= 15 is 0 Å². The molecule has 0 aliphatic carbocycles. The Morgan fingerprint density at radius 1 is 1.39 bits per heavy atom. The molecule has 1 aromatic carbocycles. The molecule has 0 aromatic heterocycles. The van der Waals surface area contributed by atoms with E-state index in [9.17, 15) is 8.42 Å². The molecule has 1 aromatic rings. The normalized spacial score (nSPS) is 19.3. The Morgan fingerprint density at radius 3 is 2.72 bits per heavy atom. The van der Waals surface area contributed by atoms with Gasteiger partial charge < -0.3 is 0 Å². The lowest BCUT2D eigenvalue weighted by Crippen LogP contribution is -2.31. The Kier molecular flexibility index (Phi) is 4.04. The quantitative estimate of drug-likeness (QED) is 0.921. The molecule has 0 bridgehead atoms. The number of hydrogen-bond donors (Lipinski definition) is 1. The fourth-order valence-electron chi connectivity index (χ4n) is 1.57. The van der Waals surface area contributed by atoms with Crippen LogP contribution < -0.4 is 5.43 Å². The molecule has 0 saturated carbocycles. The molecule has 1 heterocycles. The van der Waals surface area contributed by atoms with Crippen LogP contribution in [0.4, 0.5) is 0 Å². The lowest BCUT2D eigenvalue weighted by atomic mass is 10.2. The van der Waals surface area contributed by atoms with E-state index in [1.807, 2.05) is 12.1 Å². The molecule has 0 spiro atoms. The standard InChI is InChI=1S/C12H13ClN2O2S/c13-11-5-3-10(4-6-11)2-1-9-18(16,17)12-7-8-14-15-12/h1-6,8,12,15H,7,9H2. The van der Waals surface area contributed by atoms with Gasteiger partial charge >= 0.3 is 0 Å². The van der Waals surface area contributed by atoms with Crippen LogP contribution >= 0.6 is 11.6 Å². The number of benzene rings is 1. The van der Waals surface area contributed by atoms with Crippen molar-refractivity contribution in [3.05, 3.63) is 40.9 Å². The maximum Gasteiger partial charge on any atom is 0.176 e. The molecule has 1 N–H and O–H groups in total. The van der Waals surface area contributed by atoms with Crippen molar-refractivity contribution >= 4 is 33.7 Å². The van der Waals surface area contributed by atoms with E-state index in [0.29, 0.717) is 11.4 Å². The largest absolute Gasteiger partial charge is 0.292 e. The summed E-state index contributed by atoms with van der Waals surface area (Å²) in [6.07, 6.45) is 5.41. The minimum atomic E-state index is -3.19. The predicted molar refractivity (Wildman–Crippen MR) is 74.3 cm³/mol. The van der Waals surface area contributed by atoms with Crippen molar-refractivity contribution in [1.82, 2.24) is 5.43 Å². The first-order valence-electron chi connectivity index (χ1n) is 5.49. The Hall–Kier alpha value is -1.33. The number of nitrogens with one attached hydrogen (secondary N) is 1. The van der Waals surface area contributed by atoms with Crippen molar-refractivity contribution in [1.29, 1.82) is 0 Å². The van der Waals surface area contributed by atoms with Crippen molar-refractivity contribution in [2.24, 2.45) is 5.10 Å². The molecular weight excluding hydrogens is 272 g/mol. The van der Waals surface area contributed by atoms with Gasteiger partial charge in [-0.2, -0.15) is 5.10 Å². The number of rotatable bonds is 4. The van der Waals surface area contributed by atoms with Gasteiger partial charge in [0.1, 0.15) is 0 Å². The summed E-state index contributed by atoms with van der Waals surface area (Å²) < 4.78 is 23.7. The summed E-state index contributed by atoms with van der Waals surface area (Å²) in [5.41, 5.74) is 3.50. The molecule has 4 nitrogen and oxygen atoms in total. The smallest absolute Gasteiger partial charge is 0.176 e. The van der Waals surface area contributed by atoms with Crippen LogP contribution in [0.3, 0.4) is 0 Å². The van der Waals surface area contributed by atoms with Crippen LogP contribution in [0.25, 0.3) is 6.08 Å². The van der Waals surface area contributed by atoms with Crippen molar-refractivity contribution in [2.75, 3.05) is 5.75 Å². The van der Waals surface area contributed by atoms with E-state index in [-0.39, 0.29) is 5.75 Å². The zero-order chi connectivity index (χ0) is 13.0. The highest BCUT2D eigenvalue weighted by Crippen LogP contribution is 2.12. The molecule has 1 aliphatic heterocycles. The van der Waals surface area contributed by atoms with E-state index < -0.39 is 15.2 Å². The molecule has 0 radical (unpaired) electrons. The molecule has 0 fully saturated rings. The van der Waals surface area contributed by atoms with E-state index in [2.05, 4.69) is 10.5 Å². The highest BCUT2D eigenvalue weighted by Gasteiger charge is 2.25. The highest BCUT2D eigenvalue weighted by atomic mass is 35.5. The molecule has 1 unspecified atom stereocenters. The lowest BCUT2D eigenvalue weighted by molar-refractivity contribution is 0.571. The fraction of sp³-hybridized carbons (Fsp3) is 0.250. The molecule has 96 valence electrons. The molecule has 1 atom stereocenters. The van der Waals surface area contributed by atoms with E-state index in [0.717, 1.165) is 5.56 Å². The Labute approximate surface area is 111 Å². The minimum Gasteiger partial charge on any atom is -0.292 e. The van der Waals surface area contributed by atoms with Crippen molar-refractivity contribution < 1.29 is 8.42 Å². The predicted octanol–water partition coefficient (Wildman–Crippen LogP) is 2.07. The topological polar surface area (TPSA) is 58.5 Å². The number of halogens is 1. The van der Waals surface area contributed by atoms with Gasteiger partial charge in [0.15, 0.2) is 15.2 Å². The van der Waals surface area contributed by atoms with Crippen LogP contribution in [0.2, 0.25) is 5.02 Å². The summed E-state index contributed by atoms with van der Waals surface area (Å²) in [7, 11) is -3.19. The zero-order valence-electron chi connectivity index (χ0n) is 9.58. The minimum absolute atomic E-state index is 0.00332. The Balaban J connectivity index is 1.96. The molecule has 6 heteroatoms. The third-order valence-corrected chi connectivity index (χ3v) is 4.65. The van der Waals surface area contributed by atoms with Crippen LogP contribution in [-0.4, -0.2) is 25.8 Å². The van der Waals surface area contributed by atoms with Gasteiger partial charge in [-0.25, -0.2) is 8.42 Å². The van der Waals surface area contributed by atoms with Gasteiger partial charge in [0.05, 0.1) is 5.75 Å². The summed E-state index contributed by atoms with van der Waals surface area (Å²) in [5.74, 6) is -0.00332. The van der Waals surface area contributed by atoms with Gasteiger partial charge in [-0.1, -0.05) is 35.9 Å². The van der Waals surface area contributed by atoms with E-state index in [1.165, 1.54) is 0 Å². The molecule has 1 aliphatic rings. The number of nitrogens with zero attached hydrogens (tertiary/aromatic N) is 1. The van der Waals surface area contributed by atoms with Crippen LogP contribution in [0.5, 0.6) is 0 Å². The van der Waals surface area contributed by atoms with Crippen molar-refractivity contribution in [3.63, 3.8) is 0 Å². The average Bonchev–Trinajstić information content (AvgIpc) is 2.86. The molecule has 0 amide bonds. The van der Waals surface area contributed by atoms with E-state index in [4.69, 9.17) is 11.6 Å². The summed E-state index contributed by atoms with van der Waals surface area (Å²) in [6.45, 7) is 0. The molecule has 0 saturated heterocycles.